The average Bonchev–Trinajstić information content (AvgIpc) is 3.20. The number of carbonyl (C=O) groups is 3. The fourth-order valence-electron chi connectivity index (χ4n) is 4.13. The third kappa shape index (κ3) is 5.52. The number of ether oxygens (including phenoxy) is 2. The van der Waals surface area contributed by atoms with Crippen LogP contribution in [0.4, 0.5) is 16.2 Å². The molecular formula is C23H27ClN4O5S. The molecular weight excluding hydrogens is 480 g/mol. The monoisotopic (exact) mass is 506 g/mol. The number of hydrogen-bond donors (Lipinski definition) is 2. The number of benzene rings is 1. The minimum Gasteiger partial charge on any atom is -0.399 e. The molecule has 0 atom stereocenters. The van der Waals surface area contributed by atoms with Crippen molar-refractivity contribution in [1.82, 2.24) is 10.2 Å². The zero-order chi connectivity index (χ0) is 24.3. The van der Waals surface area contributed by atoms with E-state index in [0.717, 1.165) is 22.6 Å². The number of nitrogens with zero attached hydrogens (tertiary/aromatic N) is 2. The van der Waals surface area contributed by atoms with Gasteiger partial charge in [0.2, 0.25) is 5.91 Å². The predicted octanol–water partition coefficient (Wildman–Crippen LogP) is 3.26. The van der Waals surface area contributed by atoms with Crippen LogP contribution in [-0.4, -0.2) is 68.2 Å². The van der Waals surface area contributed by atoms with Crippen molar-refractivity contribution in [2.45, 2.75) is 25.3 Å². The molecule has 0 spiro atoms. The fraction of sp³-hybridized carbons (Fsp3) is 0.435. The summed E-state index contributed by atoms with van der Waals surface area (Å²) in [4.78, 5) is 42.1. The van der Waals surface area contributed by atoms with Crippen molar-refractivity contribution < 1.29 is 23.9 Å². The number of thiophene rings is 1. The summed E-state index contributed by atoms with van der Waals surface area (Å²) in [6.45, 7) is 4.23. The topological polar surface area (TPSA) is 100 Å². The van der Waals surface area contributed by atoms with Crippen molar-refractivity contribution in [3.8, 4) is 5.06 Å². The van der Waals surface area contributed by atoms with Gasteiger partial charge in [-0.25, -0.2) is 4.79 Å². The van der Waals surface area contributed by atoms with Gasteiger partial charge in [-0.2, -0.15) is 0 Å². The van der Waals surface area contributed by atoms with Crippen LogP contribution in [0.3, 0.4) is 0 Å². The number of halogens is 1. The second kappa shape index (κ2) is 10.3. The minimum atomic E-state index is -1.11. The highest BCUT2D eigenvalue weighted by molar-refractivity contribution is 7.17. The van der Waals surface area contributed by atoms with Crippen molar-refractivity contribution >= 4 is 52.2 Å². The van der Waals surface area contributed by atoms with E-state index in [1.54, 1.807) is 23.1 Å². The molecule has 11 heteroatoms. The van der Waals surface area contributed by atoms with Crippen LogP contribution in [0.25, 0.3) is 0 Å². The Kier molecular flexibility index (Phi) is 7.42. The van der Waals surface area contributed by atoms with Crippen molar-refractivity contribution in [2.24, 2.45) is 0 Å². The van der Waals surface area contributed by atoms with E-state index in [0.29, 0.717) is 54.2 Å². The van der Waals surface area contributed by atoms with Gasteiger partial charge in [0.05, 0.1) is 10.9 Å². The highest BCUT2D eigenvalue weighted by Crippen LogP contribution is 2.30. The molecule has 0 unspecified atom stereocenters. The first-order chi connectivity index (χ1) is 16.3. The lowest BCUT2D eigenvalue weighted by atomic mass is 9.86. The summed E-state index contributed by atoms with van der Waals surface area (Å²) in [5, 5.41) is 6.12. The first-order valence-electron chi connectivity index (χ1n) is 11.0. The van der Waals surface area contributed by atoms with Crippen LogP contribution < -0.4 is 20.3 Å². The summed E-state index contributed by atoms with van der Waals surface area (Å²) in [5.74, 6) is -0.400. The Balaban J connectivity index is 1.48. The lowest BCUT2D eigenvalue weighted by Crippen LogP contribution is -2.61. The summed E-state index contributed by atoms with van der Waals surface area (Å²) in [6.07, 6.45) is 0.180. The lowest BCUT2D eigenvalue weighted by Gasteiger charge is -2.39. The van der Waals surface area contributed by atoms with Gasteiger partial charge in [0.25, 0.3) is 5.91 Å². The number of amides is 3. The van der Waals surface area contributed by atoms with Crippen LogP contribution in [0.15, 0.2) is 30.3 Å². The maximum atomic E-state index is 13.4. The molecule has 1 aromatic carbocycles. The average molecular weight is 507 g/mol. The number of anilines is 2. The molecule has 2 saturated heterocycles. The molecule has 0 radical (unpaired) electrons. The van der Waals surface area contributed by atoms with Gasteiger partial charge in [-0.05, 0) is 62.7 Å². The van der Waals surface area contributed by atoms with Gasteiger partial charge in [0.15, 0.2) is 5.06 Å². The van der Waals surface area contributed by atoms with Crippen molar-refractivity contribution in [3.63, 3.8) is 0 Å². The normalized spacial score (nSPS) is 18.4. The minimum absolute atomic E-state index is 0.0638. The molecule has 0 aliphatic carbocycles. The number of aryl methyl sites for hydroxylation is 1. The first-order valence-corrected chi connectivity index (χ1v) is 12.2. The molecule has 3 heterocycles. The Morgan fingerprint density at radius 3 is 2.59 bits per heavy atom. The maximum Gasteiger partial charge on any atom is 0.414 e. The highest BCUT2D eigenvalue weighted by Gasteiger charge is 2.43. The van der Waals surface area contributed by atoms with Crippen LogP contribution in [0.5, 0.6) is 5.06 Å². The zero-order valence-corrected chi connectivity index (χ0v) is 20.6. The van der Waals surface area contributed by atoms with Crippen LogP contribution >= 0.6 is 22.9 Å². The van der Waals surface area contributed by atoms with Crippen molar-refractivity contribution in [2.75, 3.05) is 50.1 Å². The van der Waals surface area contributed by atoms with Crippen LogP contribution in [0, 0.1) is 6.92 Å². The molecule has 0 bridgehead atoms. The highest BCUT2D eigenvalue weighted by atomic mass is 35.5. The SMILES string of the molecule is Cc1cc(NC(=O)C2(NC(=O)Oc3ccc(Cl)s3)CCN(C)CC2)ccc1N1CCOCC1=O. The summed E-state index contributed by atoms with van der Waals surface area (Å²) in [5.41, 5.74) is 1.12. The number of morpholine rings is 1. The molecule has 0 saturated carbocycles. The van der Waals surface area contributed by atoms with E-state index >= 15 is 0 Å². The molecule has 3 amide bonds. The Morgan fingerprint density at radius 1 is 1.18 bits per heavy atom. The second-order valence-electron chi connectivity index (χ2n) is 8.51. The quantitative estimate of drug-likeness (QED) is 0.645. The van der Waals surface area contributed by atoms with Crippen molar-refractivity contribution in [3.05, 3.63) is 40.2 Å². The fourth-order valence-corrected chi connectivity index (χ4v) is 5.01. The molecule has 9 nitrogen and oxygen atoms in total. The smallest absolute Gasteiger partial charge is 0.399 e. The molecule has 2 aliphatic heterocycles. The zero-order valence-electron chi connectivity index (χ0n) is 19.1. The molecule has 2 aromatic rings. The van der Waals surface area contributed by atoms with Gasteiger partial charge in [-0.3, -0.25) is 9.59 Å². The standard InChI is InChI=1S/C23H27ClN4O5S/c1-15-13-16(3-4-17(15)28-11-12-32-14-19(28)29)25-21(30)23(7-9-27(2)10-8-23)26-22(31)33-20-6-5-18(24)34-20/h3-6,13H,7-12,14H2,1-2H3,(H,25,30)(H,26,31). The van der Waals surface area contributed by atoms with Crippen molar-refractivity contribution in [1.29, 1.82) is 0 Å². The lowest BCUT2D eigenvalue weighted by molar-refractivity contribution is -0.126. The third-order valence-corrected chi connectivity index (χ3v) is 7.20. The molecule has 4 rings (SSSR count). The molecule has 2 N–H and O–H groups in total. The van der Waals surface area contributed by atoms with Gasteiger partial charge in [-0.1, -0.05) is 22.9 Å². The van der Waals surface area contributed by atoms with Gasteiger partial charge < -0.3 is 29.9 Å². The predicted molar refractivity (Wildman–Crippen MR) is 131 cm³/mol. The van der Waals surface area contributed by atoms with Gasteiger partial charge in [0.1, 0.15) is 12.1 Å². The van der Waals surface area contributed by atoms with Crippen LogP contribution in [-0.2, 0) is 14.3 Å². The number of nitrogens with one attached hydrogen (secondary N) is 2. The Bertz CT molecular complexity index is 1080. The molecule has 1 aromatic heterocycles. The molecule has 182 valence electrons. The number of hydrogen-bond acceptors (Lipinski definition) is 7. The number of likely N-dealkylation sites (tertiary alicyclic amines) is 1. The van der Waals surface area contributed by atoms with E-state index in [-0.39, 0.29) is 18.4 Å². The largest absolute Gasteiger partial charge is 0.414 e. The van der Waals surface area contributed by atoms with Crippen LogP contribution in [0.2, 0.25) is 4.34 Å². The van der Waals surface area contributed by atoms with E-state index in [1.165, 1.54) is 0 Å². The van der Waals surface area contributed by atoms with Gasteiger partial charge in [-0.15, -0.1) is 0 Å². The van der Waals surface area contributed by atoms with E-state index in [2.05, 4.69) is 15.5 Å². The Hall–Kier alpha value is -2.66. The molecule has 34 heavy (non-hydrogen) atoms. The van der Waals surface area contributed by atoms with E-state index < -0.39 is 11.6 Å². The Morgan fingerprint density at radius 2 is 1.94 bits per heavy atom. The van der Waals surface area contributed by atoms with Crippen LogP contribution in [0.1, 0.15) is 18.4 Å². The van der Waals surface area contributed by atoms with E-state index in [4.69, 9.17) is 21.1 Å². The second-order valence-corrected chi connectivity index (χ2v) is 10.2. The first kappa shape index (κ1) is 24.5. The number of carbonyl (C=O) groups excluding carboxylic acids is 3. The van der Waals surface area contributed by atoms with E-state index in [1.807, 2.05) is 26.1 Å². The van der Waals surface area contributed by atoms with Gasteiger partial charge in [0, 0.05) is 31.0 Å². The molecule has 2 aliphatic rings. The Labute approximate surface area is 206 Å². The summed E-state index contributed by atoms with van der Waals surface area (Å²) in [7, 11) is 1.98. The maximum absolute atomic E-state index is 13.4. The van der Waals surface area contributed by atoms with Gasteiger partial charge >= 0.3 is 6.09 Å². The number of piperidine rings is 1. The summed E-state index contributed by atoms with van der Waals surface area (Å²) >= 11 is 7.05. The van der Waals surface area contributed by atoms with E-state index in [9.17, 15) is 14.4 Å². The molecule has 2 fully saturated rings. The number of rotatable bonds is 5. The summed E-state index contributed by atoms with van der Waals surface area (Å²) < 4.78 is 11.1. The third-order valence-electron chi connectivity index (χ3n) is 6.09. The summed E-state index contributed by atoms with van der Waals surface area (Å²) in [6, 6.07) is 8.65.